The average molecular weight is 261 g/mol. The van der Waals surface area contributed by atoms with Crippen molar-refractivity contribution < 1.29 is 14.3 Å². The minimum absolute atomic E-state index is 0.0721. The lowest BCUT2D eigenvalue weighted by atomic mass is 9.96. The molecule has 4 nitrogen and oxygen atoms in total. The van der Waals surface area contributed by atoms with Crippen LogP contribution in [0.3, 0.4) is 0 Å². The topological polar surface area (TPSA) is 46.6 Å². The van der Waals surface area contributed by atoms with E-state index in [9.17, 15) is 9.59 Å². The Hall–Kier alpha value is -1.84. The number of hydrogen-bond acceptors (Lipinski definition) is 3. The first kappa shape index (κ1) is 13.6. The van der Waals surface area contributed by atoms with Crippen LogP contribution in [-0.2, 0) is 4.74 Å². The maximum atomic E-state index is 12.3. The van der Waals surface area contributed by atoms with E-state index in [1.54, 1.807) is 23.1 Å². The van der Waals surface area contributed by atoms with E-state index in [1.807, 2.05) is 33.8 Å². The molecule has 0 saturated heterocycles. The van der Waals surface area contributed by atoms with Gasteiger partial charge >= 0.3 is 6.09 Å². The number of benzene rings is 1. The molecule has 1 aromatic carbocycles. The summed E-state index contributed by atoms with van der Waals surface area (Å²) in [6.45, 7) is 7.35. The minimum Gasteiger partial charge on any atom is -0.443 e. The molecule has 0 bridgehead atoms. The summed E-state index contributed by atoms with van der Waals surface area (Å²) in [6.07, 6.45) is -0.0732. The zero-order chi connectivity index (χ0) is 14.2. The third-order valence-electron chi connectivity index (χ3n) is 2.98. The Morgan fingerprint density at radius 3 is 2.58 bits per heavy atom. The number of carbonyl (C=O) groups excluding carboxylic acids is 2. The van der Waals surface area contributed by atoms with Gasteiger partial charge in [0.1, 0.15) is 5.60 Å². The highest BCUT2D eigenvalue weighted by Gasteiger charge is 2.34. The summed E-state index contributed by atoms with van der Waals surface area (Å²) in [5.74, 6) is 0.0721. The van der Waals surface area contributed by atoms with Gasteiger partial charge in [-0.2, -0.15) is 0 Å². The van der Waals surface area contributed by atoms with Gasteiger partial charge < -0.3 is 4.74 Å². The molecule has 0 aliphatic carbocycles. The van der Waals surface area contributed by atoms with Crippen molar-refractivity contribution >= 4 is 17.6 Å². The molecule has 1 aliphatic heterocycles. The Bertz CT molecular complexity index is 516. The van der Waals surface area contributed by atoms with Crippen molar-refractivity contribution in [2.45, 2.75) is 45.8 Å². The van der Waals surface area contributed by atoms with Gasteiger partial charge in [-0.15, -0.1) is 0 Å². The van der Waals surface area contributed by atoms with Crippen molar-refractivity contribution in [1.29, 1.82) is 0 Å². The fourth-order valence-electron chi connectivity index (χ4n) is 2.22. The molecule has 1 aromatic rings. The molecule has 1 aliphatic rings. The van der Waals surface area contributed by atoms with E-state index in [-0.39, 0.29) is 11.8 Å². The molecule has 0 fully saturated rings. The lowest BCUT2D eigenvalue weighted by molar-refractivity contribution is 0.0563. The summed E-state index contributed by atoms with van der Waals surface area (Å²) >= 11 is 0. The van der Waals surface area contributed by atoms with Crippen LogP contribution in [0.1, 0.15) is 44.5 Å². The fraction of sp³-hybridized carbons (Fsp3) is 0.467. The van der Waals surface area contributed by atoms with E-state index in [0.29, 0.717) is 17.7 Å². The summed E-state index contributed by atoms with van der Waals surface area (Å²) in [4.78, 5) is 25.8. The third kappa shape index (κ3) is 2.78. The van der Waals surface area contributed by atoms with Crippen molar-refractivity contribution in [3.63, 3.8) is 0 Å². The van der Waals surface area contributed by atoms with Gasteiger partial charge in [0.05, 0.1) is 5.69 Å². The zero-order valence-corrected chi connectivity index (χ0v) is 11.8. The van der Waals surface area contributed by atoms with Crippen LogP contribution >= 0.6 is 0 Å². The van der Waals surface area contributed by atoms with Crippen molar-refractivity contribution in [1.82, 2.24) is 0 Å². The first-order chi connectivity index (χ1) is 8.79. The van der Waals surface area contributed by atoms with Crippen molar-refractivity contribution in [2.75, 3.05) is 4.90 Å². The van der Waals surface area contributed by atoms with Crippen LogP contribution < -0.4 is 4.90 Å². The summed E-state index contributed by atoms with van der Waals surface area (Å²) in [7, 11) is 0. The normalized spacial score (nSPS) is 19.1. The predicted molar refractivity (Wildman–Crippen MR) is 73.6 cm³/mol. The summed E-state index contributed by atoms with van der Waals surface area (Å²) in [5.41, 5.74) is 0.680. The number of amides is 1. The lowest BCUT2D eigenvalue weighted by Crippen LogP contribution is -2.46. The van der Waals surface area contributed by atoms with Crippen LogP contribution in [0.2, 0.25) is 0 Å². The quantitative estimate of drug-likeness (QED) is 0.719. The SMILES string of the molecule is C[C@H]1CC(=O)c2ccccc2N1C(=O)OC(C)(C)C. The molecular weight excluding hydrogens is 242 g/mol. The molecule has 0 aromatic heterocycles. The van der Waals surface area contributed by atoms with Crippen molar-refractivity contribution in [3.8, 4) is 0 Å². The highest BCUT2D eigenvalue weighted by molar-refractivity contribution is 6.08. The predicted octanol–water partition coefficient (Wildman–Crippen LogP) is 3.40. The molecule has 0 saturated carbocycles. The van der Waals surface area contributed by atoms with Crippen LogP contribution in [0.4, 0.5) is 10.5 Å². The highest BCUT2D eigenvalue weighted by Crippen LogP contribution is 2.31. The molecule has 1 heterocycles. The van der Waals surface area contributed by atoms with Gasteiger partial charge in [0.2, 0.25) is 0 Å². The van der Waals surface area contributed by atoms with Gasteiger partial charge in [0.25, 0.3) is 0 Å². The number of nitrogens with zero attached hydrogens (tertiary/aromatic N) is 1. The van der Waals surface area contributed by atoms with E-state index in [0.717, 1.165) is 0 Å². The number of ketones is 1. The molecule has 0 unspecified atom stereocenters. The van der Waals surface area contributed by atoms with E-state index in [4.69, 9.17) is 4.74 Å². The Morgan fingerprint density at radius 1 is 1.32 bits per heavy atom. The maximum Gasteiger partial charge on any atom is 0.415 e. The monoisotopic (exact) mass is 261 g/mol. The van der Waals surface area contributed by atoms with E-state index < -0.39 is 11.7 Å². The van der Waals surface area contributed by atoms with Gasteiger partial charge in [-0.25, -0.2) is 4.79 Å². The van der Waals surface area contributed by atoms with Gasteiger partial charge in [-0.05, 0) is 39.8 Å². The number of para-hydroxylation sites is 1. The molecule has 102 valence electrons. The largest absolute Gasteiger partial charge is 0.443 e. The molecule has 1 atom stereocenters. The van der Waals surface area contributed by atoms with Crippen molar-refractivity contribution in [2.24, 2.45) is 0 Å². The molecule has 0 radical (unpaired) electrons. The number of carbonyl (C=O) groups is 2. The van der Waals surface area contributed by atoms with Gasteiger partial charge in [0, 0.05) is 18.0 Å². The second-order valence-corrected chi connectivity index (χ2v) is 5.84. The standard InChI is InChI=1S/C15H19NO3/c1-10-9-13(17)11-7-5-6-8-12(11)16(10)14(18)19-15(2,3)4/h5-8,10H,9H2,1-4H3/t10-/m0/s1. The van der Waals surface area contributed by atoms with Crippen LogP contribution in [0.5, 0.6) is 0 Å². The van der Waals surface area contributed by atoms with Gasteiger partial charge in [-0.1, -0.05) is 12.1 Å². The number of hydrogen-bond donors (Lipinski definition) is 0. The van der Waals surface area contributed by atoms with E-state index in [1.165, 1.54) is 0 Å². The Morgan fingerprint density at radius 2 is 1.95 bits per heavy atom. The number of fused-ring (bicyclic) bond motifs is 1. The Kier molecular flexibility index (Phi) is 3.35. The molecule has 4 heteroatoms. The average Bonchev–Trinajstić information content (AvgIpc) is 2.26. The van der Waals surface area contributed by atoms with Crippen LogP contribution in [0.25, 0.3) is 0 Å². The first-order valence-corrected chi connectivity index (χ1v) is 6.44. The highest BCUT2D eigenvalue weighted by atomic mass is 16.6. The van der Waals surface area contributed by atoms with Crippen LogP contribution in [-0.4, -0.2) is 23.5 Å². The van der Waals surface area contributed by atoms with E-state index >= 15 is 0 Å². The van der Waals surface area contributed by atoms with E-state index in [2.05, 4.69) is 0 Å². The fourth-order valence-corrected chi connectivity index (χ4v) is 2.22. The number of ether oxygens (including phenoxy) is 1. The summed E-state index contributed by atoms with van der Waals surface area (Å²) in [6, 6.07) is 6.98. The third-order valence-corrected chi connectivity index (χ3v) is 2.98. The first-order valence-electron chi connectivity index (χ1n) is 6.44. The van der Waals surface area contributed by atoms with Gasteiger partial charge in [0.15, 0.2) is 5.78 Å². The second-order valence-electron chi connectivity index (χ2n) is 5.84. The van der Waals surface area contributed by atoms with Gasteiger partial charge in [-0.3, -0.25) is 9.69 Å². The zero-order valence-electron chi connectivity index (χ0n) is 11.8. The molecule has 1 amide bonds. The van der Waals surface area contributed by atoms with Crippen molar-refractivity contribution in [3.05, 3.63) is 29.8 Å². The lowest BCUT2D eigenvalue weighted by Gasteiger charge is -2.35. The number of Topliss-reactive ketones (excluding diaryl/α,β-unsaturated/α-hetero) is 1. The number of anilines is 1. The smallest absolute Gasteiger partial charge is 0.415 e. The molecule has 19 heavy (non-hydrogen) atoms. The summed E-state index contributed by atoms with van der Waals surface area (Å²) < 4.78 is 5.42. The maximum absolute atomic E-state index is 12.3. The number of rotatable bonds is 0. The van der Waals surface area contributed by atoms with Crippen LogP contribution in [0.15, 0.2) is 24.3 Å². The summed E-state index contributed by atoms with van der Waals surface area (Å²) in [5, 5.41) is 0. The Labute approximate surface area is 113 Å². The molecule has 0 spiro atoms. The molecule has 0 N–H and O–H groups in total. The Balaban J connectivity index is 2.37. The second kappa shape index (κ2) is 4.68. The minimum atomic E-state index is -0.548. The van der Waals surface area contributed by atoms with Crippen LogP contribution in [0, 0.1) is 0 Å². The molecule has 2 rings (SSSR count). The molecular formula is C15H19NO3.